The van der Waals surface area contributed by atoms with Crippen molar-refractivity contribution in [1.29, 1.82) is 0 Å². The molecule has 19 heteroatoms. The van der Waals surface area contributed by atoms with Crippen LogP contribution in [0.3, 0.4) is 0 Å². The Hall–Kier alpha value is -4.36. The van der Waals surface area contributed by atoms with Crippen molar-refractivity contribution in [1.82, 2.24) is 31.1 Å². The van der Waals surface area contributed by atoms with Crippen LogP contribution in [0.15, 0.2) is 0 Å². The van der Waals surface area contributed by atoms with E-state index < -0.39 is 109 Å². The van der Waals surface area contributed by atoms with Gasteiger partial charge in [-0.25, -0.2) is 4.79 Å². The fourth-order valence-electron chi connectivity index (χ4n) is 6.28. The number of aliphatic carboxylic acids is 1. The Kier molecular flexibility index (Phi) is 17.4. The lowest BCUT2D eigenvalue weighted by atomic mass is 9.96. The summed E-state index contributed by atoms with van der Waals surface area (Å²) in [5.74, 6) is -6.90. The Morgan fingerprint density at radius 2 is 1.29 bits per heavy atom. The van der Waals surface area contributed by atoms with Crippen molar-refractivity contribution in [3.05, 3.63) is 0 Å². The van der Waals surface area contributed by atoms with Crippen molar-refractivity contribution in [2.24, 2.45) is 23.3 Å². The van der Waals surface area contributed by atoms with Gasteiger partial charge in [0.25, 0.3) is 0 Å². The van der Waals surface area contributed by atoms with Crippen molar-refractivity contribution in [3.63, 3.8) is 0 Å². The summed E-state index contributed by atoms with van der Waals surface area (Å²) in [6.45, 7) is 6.05. The molecular weight excluding hydrogens is 684 g/mol. The van der Waals surface area contributed by atoms with Gasteiger partial charge in [0.15, 0.2) is 0 Å². The minimum absolute atomic E-state index is 0.116. The van der Waals surface area contributed by atoms with Crippen molar-refractivity contribution >= 4 is 47.3 Å². The van der Waals surface area contributed by atoms with Gasteiger partial charge in [0, 0.05) is 19.5 Å². The summed E-state index contributed by atoms with van der Waals surface area (Å²) in [7, 11) is 0. The van der Waals surface area contributed by atoms with E-state index in [4.69, 9.17) is 11.5 Å². The Balaban J connectivity index is 2.19. The predicted octanol–water partition coefficient (Wildman–Crippen LogP) is -3.34. The highest BCUT2D eigenvalue weighted by atomic mass is 16.4. The summed E-state index contributed by atoms with van der Waals surface area (Å²) >= 11 is 0. The van der Waals surface area contributed by atoms with E-state index in [1.165, 1.54) is 9.80 Å². The van der Waals surface area contributed by atoms with Crippen LogP contribution in [0.1, 0.15) is 79.1 Å². The first-order valence-corrected chi connectivity index (χ1v) is 17.8. The van der Waals surface area contributed by atoms with Crippen LogP contribution in [0.5, 0.6) is 0 Å². The molecule has 0 aromatic heterocycles. The normalized spacial score (nSPS) is 20.6. The van der Waals surface area contributed by atoms with E-state index in [0.29, 0.717) is 19.3 Å². The molecule has 2 aliphatic rings. The number of primary amides is 1. The SMILES string of the molecule is CC[C@H](C)[C@H](NC(=O)[C@@H]1CCCN1C(=O)[C@H](CO)NC(=O)[C@@H]1CCCN1C(=O)[C@@H](N)CO)C(=O)N[C@@H](CC(C)C)C(=O)N[C@@H](CCC(N)=O)C(=O)O. The smallest absolute Gasteiger partial charge is 0.326 e. The number of carbonyl (C=O) groups excluding carboxylic acids is 7. The van der Waals surface area contributed by atoms with Gasteiger partial charge < -0.3 is 57.9 Å². The van der Waals surface area contributed by atoms with Crippen LogP contribution in [0.2, 0.25) is 0 Å². The molecule has 2 heterocycles. The van der Waals surface area contributed by atoms with Crippen molar-refractivity contribution in [3.8, 4) is 0 Å². The molecule has 0 aliphatic carbocycles. The maximum absolute atomic E-state index is 13.7. The van der Waals surface area contributed by atoms with Gasteiger partial charge >= 0.3 is 5.97 Å². The zero-order valence-electron chi connectivity index (χ0n) is 30.3. The number of aliphatic hydroxyl groups is 2. The molecule has 294 valence electrons. The summed E-state index contributed by atoms with van der Waals surface area (Å²) in [6.07, 6.45) is 1.43. The largest absolute Gasteiger partial charge is 0.480 e. The van der Waals surface area contributed by atoms with Crippen molar-refractivity contribution < 1.29 is 53.7 Å². The van der Waals surface area contributed by atoms with Crippen LogP contribution in [-0.4, -0.2) is 141 Å². The number of nitrogens with one attached hydrogen (secondary N) is 4. The number of nitrogens with two attached hydrogens (primary N) is 2. The summed E-state index contributed by atoms with van der Waals surface area (Å²) < 4.78 is 0. The predicted molar refractivity (Wildman–Crippen MR) is 184 cm³/mol. The van der Waals surface area contributed by atoms with Crippen molar-refractivity contribution in [2.45, 2.75) is 121 Å². The van der Waals surface area contributed by atoms with Gasteiger partial charge in [-0.05, 0) is 50.4 Å². The fraction of sp³-hybridized carbons (Fsp3) is 0.758. The average Bonchev–Trinajstić information content (AvgIpc) is 3.80. The number of hydrogen-bond acceptors (Lipinski definition) is 11. The zero-order chi connectivity index (χ0) is 39.3. The van der Waals surface area contributed by atoms with Gasteiger partial charge in [-0.2, -0.15) is 0 Å². The van der Waals surface area contributed by atoms with Crippen molar-refractivity contribution in [2.75, 3.05) is 26.3 Å². The minimum atomic E-state index is -1.44. The maximum atomic E-state index is 13.7. The Bertz CT molecular complexity index is 1310. The van der Waals surface area contributed by atoms with E-state index in [-0.39, 0.29) is 51.1 Å². The first-order valence-electron chi connectivity index (χ1n) is 17.8. The second-order valence-electron chi connectivity index (χ2n) is 13.9. The third-order valence-electron chi connectivity index (χ3n) is 9.42. The molecule has 11 N–H and O–H groups in total. The monoisotopic (exact) mass is 740 g/mol. The Morgan fingerprint density at radius 3 is 1.77 bits per heavy atom. The van der Waals surface area contributed by atoms with Gasteiger partial charge in [0.2, 0.25) is 41.4 Å². The molecule has 0 aromatic rings. The Labute approximate surface area is 302 Å². The van der Waals surface area contributed by atoms with Crippen LogP contribution in [-0.2, 0) is 38.4 Å². The van der Waals surface area contributed by atoms with Gasteiger partial charge in [0.1, 0.15) is 42.3 Å². The van der Waals surface area contributed by atoms with Crippen LogP contribution >= 0.6 is 0 Å². The summed E-state index contributed by atoms with van der Waals surface area (Å²) in [4.78, 5) is 105. The third kappa shape index (κ3) is 12.1. The minimum Gasteiger partial charge on any atom is -0.480 e. The third-order valence-corrected chi connectivity index (χ3v) is 9.42. The highest BCUT2D eigenvalue weighted by molar-refractivity contribution is 5.97. The molecule has 0 bridgehead atoms. The number of likely N-dealkylation sites (tertiary alicyclic amines) is 2. The summed E-state index contributed by atoms with van der Waals surface area (Å²) in [5, 5.41) is 39.1. The van der Waals surface area contributed by atoms with Gasteiger partial charge in [0.05, 0.1) is 13.2 Å². The number of carbonyl (C=O) groups is 8. The number of aliphatic hydroxyl groups excluding tert-OH is 2. The molecule has 19 nitrogen and oxygen atoms in total. The van der Waals surface area contributed by atoms with Gasteiger partial charge in [-0.3, -0.25) is 33.6 Å². The molecule has 8 atom stereocenters. The highest BCUT2D eigenvalue weighted by Crippen LogP contribution is 2.22. The molecule has 2 saturated heterocycles. The van der Waals surface area contributed by atoms with E-state index in [1.54, 1.807) is 27.7 Å². The second kappa shape index (κ2) is 20.6. The van der Waals surface area contributed by atoms with Crippen LogP contribution in [0, 0.1) is 11.8 Å². The number of hydrogen-bond donors (Lipinski definition) is 9. The number of carboxylic acid groups (broad SMARTS) is 1. The van der Waals surface area contributed by atoms with E-state index >= 15 is 0 Å². The molecule has 0 radical (unpaired) electrons. The number of carboxylic acids is 1. The standard InChI is InChI=1S/C33H56N8O11/c1-5-18(4)26(30(48)37-21(14-17(2)3)27(45)36-20(33(51)52)10-11-25(35)44)39-29(47)24-9-7-13-41(24)32(50)22(16-43)38-28(46)23-8-6-12-40(23)31(49)19(34)15-42/h17-24,26,42-43H,5-16,34H2,1-4H3,(H2,35,44)(H,36,45)(H,37,48)(H,38,46)(H,39,47)(H,51,52)/t18-,19-,20-,21-,22-,23-,24-,26-/m0/s1. The van der Waals surface area contributed by atoms with E-state index in [1.807, 2.05) is 0 Å². The number of amides is 7. The molecule has 2 aliphatic heterocycles. The lowest BCUT2D eigenvalue weighted by molar-refractivity contribution is -0.145. The average molecular weight is 741 g/mol. The molecule has 0 saturated carbocycles. The van der Waals surface area contributed by atoms with Crippen LogP contribution in [0.4, 0.5) is 0 Å². The molecule has 0 unspecified atom stereocenters. The van der Waals surface area contributed by atoms with Crippen LogP contribution < -0.4 is 32.7 Å². The van der Waals surface area contributed by atoms with Gasteiger partial charge in [-0.15, -0.1) is 0 Å². The molecule has 2 fully saturated rings. The lowest BCUT2D eigenvalue weighted by Gasteiger charge is -2.32. The zero-order valence-corrected chi connectivity index (χ0v) is 30.3. The fourth-order valence-corrected chi connectivity index (χ4v) is 6.28. The number of nitrogens with zero attached hydrogens (tertiary/aromatic N) is 2. The first kappa shape index (κ1) is 43.8. The summed E-state index contributed by atoms with van der Waals surface area (Å²) in [6, 6.07) is -8.45. The summed E-state index contributed by atoms with van der Waals surface area (Å²) in [5.41, 5.74) is 10.8. The molecule has 0 spiro atoms. The Morgan fingerprint density at radius 1 is 0.750 bits per heavy atom. The molecule has 0 aromatic carbocycles. The maximum Gasteiger partial charge on any atom is 0.326 e. The van der Waals surface area contributed by atoms with E-state index in [2.05, 4.69) is 21.3 Å². The molecule has 52 heavy (non-hydrogen) atoms. The molecular formula is C33H56N8O11. The van der Waals surface area contributed by atoms with E-state index in [0.717, 1.165) is 0 Å². The molecule has 2 rings (SSSR count). The highest BCUT2D eigenvalue weighted by Gasteiger charge is 2.42. The number of rotatable bonds is 20. The van der Waals surface area contributed by atoms with E-state index in [9.17, 15) is 53.7 Å². The first-order chi connectivity index (χ1) is 24.5. The topological polar surface area (TPSA) is 304 Å². The quantitative estimate of drug-likeness (QED) is 0.0592. The van der Waals surface area contributed by atoms with Gasteiger partial charge in [-0.1, -0.05) is 34.1 Å². The lowest BCUT2D eigenvalue weighted by Crippen LogP contribution is -2.61. The second-order valence-corrected chi connectivity index (χ2v) is 13.9. The van der Waals surface area contributed by atoms with Crippen LogP contribution in [0.25, 0.3) is 0 Å². The molecule has 7 amide bonds.